The molecule has 0 aliphatic carbocycles. The summed E-state index contributed by atoms with van der Waals surface area (Å²) in [4.78, 5) is 14.6. The number of ether oxygens (including phenoxy) is 1. The van der Waals surface area contributed by atoms with E-state index in [4.69, 9.17) is 10.5 Å². The van der Waals surface area contributed by atoms with Gasteiger partial charge in [-0.3, -0.25) is 4.79 Å². The van der Waals surface area contributed by atoms with Gasteiger partial charge in [0.05, 0.1) is 12.7 Å². The second-order valence-electron chi connectivity index (χ2n) is 5.45. The SMILES string of the molecule is CCC1CCCN(C(=O)c2cc(OC)ccc2N)CC1. The van der Waals surface area contributed by atoms with Crippen LogP contribution in [0.1, 0.15) is 43.0 Å². The summed E-state index contributed by atoms with van der Waals surface area (Å²) in [6, 6.07) is 5.25. The Balaban J connectivity index is 2.14. The fourth-order valence-corrected chi connectivity index (χ4v) is 2.79. The van der Waals surface area contributed by atoms with Crippen LogP contribution in [0.2, 0.25) is 0 Å². The van der Waals surface area contributed by atoms with Gasteiger partial charge in [0.2, 0.25) is 0 Å². The number of carbonyl (C=O) groups is 1. The smallest absolute Gasteiger partial charge is 0.256 e. The van der Waals surface area contributed by atoms with Crippen LogP contribution in [0.25, 0.3) is 0 Å². The number of amides is 1. The predicted octanol–water partition coefficient (Wildman–Crippen LogP) is 2.93. The van der Waals surface area contributed by atoms with Gasteiger partial charge in [-0.2, -0.15) is 0 Å². The molecule has 0 spiro atoms. The molecule has 1 amide bonds. The Labute approximate surface area is 120 Å². The minimum atomic E-state index is 0.0261. The molecule has 110 valence electrons. The number of carbonyl (C=O) groups excluding carboxylic acids is 1. The Morgan fingerprint density at radius 3 is 2.90 bits per heavy atom. The highest BCUT2D eigenvalue weighted by Crippen LogP contribution is 2.24. The highest BCUT2D eigenvalue weighted by Gasteiger charge is 2.22. The van der Waals surface area contributed by atoms with Crippen molar-refractivity contribution < 1.29 is 9.53 Å². The van der Waals surface area contributed by atoms with Crippen molar-refractivity contribution in [2.45, 2.75) is 32.6 Å². The monoisotopic (exact) mass is 276 g/mol. The third kappa shape index (κ3) is 3.24. The first-order chi connectivity index (χ1) is 9.65. The maximum atomic E-state index is 12.6. The molecule has 1 unspecified atom stereocenters. The summed E-state index contributed by atoms with van der Waals surface area (Å²) in [6.45, 7) is 3.88. The standard InChI is InChI=1S/C16H24N2O2/c1-3-12-5-4-9-18(10-8-12)16(19)14-11-13(20-2)6-7-15(14)17/h6-7,11-12H,3-5,8-10,17H2,1-2H3. The lowest BCUT2D eigenvalue weighted by atomic mass is 9.98. The van der Waals surface area contributed by atoms with Crippen molar-refractivity contribution in [1.82, 2.24) is 4.90 Å². The van der Waals surface area contributed by atoms with Gasteiger partial charge in [-0.1, -0.05) is 13.3 Å². The van der Waals surface area contributed by atoms with Crippen molar-refractivity contribution in [1.29, 1.82) is 0 Å². The van der Waals surface area contributed by atoms with Gasteiger partial charge in [0, 0.05) is 18.8 Å². The number of benzene rings is 1. The third-order valence-electron chi connectivity index (χ3n) is 4.20. The fourth-order valence-electron chi connectivity index (χ4n) is 2.79. The zero-order valence-corrected chi connectivity index (χ0v) is 12.4. The number of likely N-dealkylation sites (tertiary alicyclic amines) is 1. The van der Waals surface area contributed by atoms with Crippen LogP contribution < -0.4 is 10.5 Å². The molecule has 1 aliphatic heterocycles. The first kappa shape index (κ1) is 14.7. The van der Waals surface area contributed by atoms with Crippen LogP contribution >= 0.6 is 0 Å². The highest BCUT2D eigenvalue weighted by atomic mass is 16.5. The zero-order chi connectivity index (χ0) is 14.5. The number of methoxy groups -OCH3 is 1. The van der Waals surface area contributed by atoms with Crippen molar-refractivity contribution in [3.8, 4) is 5.75 Å². The summed E-state index contributed by atoms with van der Waals surface area (Å²) in [6.07, 6.45) is 4.58. The van der Waals surface area contributed by atoms with E-state index in [0.29, 0.717) is 17.0 Å². The number of hydrogen-bond donors (Lipinski definition) is 1. The molecule has 4 nitrogen and oxygen atoms in total. The minimum Gasteiger partial charge on any atom is -0.497 e. The van der Waals surface area contributed by atoms with E-state index < -0.39 is 0 Å². The van der Waals surface area contributed by atoms with Crippen molar-refractivity contribution in [2.75, 3.05) is 25.9 Å². The summed E-state index contributed by atoms with van der Waals surface area (Å²) in [5, 5.41) is 0. The maximum absolute atomic E-state index is 12.6. The molecule has 4 heteroatoms. The lowest BCUT2D eigenvalue weighted by molar-refractivity contribution is 0.0760. The Morgan fingerprint density at radius 1 is 1.40 bits per heavy atom. The average molecular weight is 276 g/mol. The fraction of sp³-hybridized carbons (Fsp3) is 0.562. The Hall–Kier alpha value is -1.71. The zero-order valence-electron chi connectivity index (χ0n) is 12.4. The number of anilines is 1. The van der Waals surface area contributed by atoms with Gasteiger partial charge in [-0.25, -0.2) is 0 Å². The molecule has 2 N–H and O–H groups in total. The van der Waals surface area contributed by atoms with Crippen molar-refractivity contribution in [2.24, 2.45) is 5.92 Å². The third-order valence-corrected chi connectivity index (χ3v) is 4.20. The molecule has 0 saturated carbocycles. The van der Waals surface area contributed by atoms with Crippen LogP contribution in [0, 0.1) is 5.92 Å². The van der Waals surface area contributed by atoms with Gasteiger partial charge in [0.15, 0.2) is 0 Å². The van der Waals surface area contributed by atoms with Gasteiger partial charge in [0.25, 0.3) is 5.91 Å². The summed E-state index contributed by atoms with van der Waals surface area (Å²) >= 11 is 0. The number of nitrogen functional groups attached to an aromatic ring is 1. The van der Waals surface area contributed by atoms with E-state index in [2.05, 4.69) is 6.92 Å². The van der Waals surface area contributed by atoms with Gasteiger partial charge < -0.3 is 15.4 Å². The molecule has 20 heavy (non-hydrogen) atoms. The second-order valence-corrected chi connectivity index (χ2v) is 5.45. The van der Waals surface area contributed by atoms with E-state index in [1.165, 1.54) is 12.8 Å². The van der Waals surface area contributed by atoms with E-state index in [-0.39, 0.29) is 5.91 Å². The molecule has 1 fully saturated rings. The molecular formula is C16H24N2O2. The quantitative estimate of drug-likeness (QED) is 0.864. The molecule has 0 bridgehead atoms. The summed E-state index contributed by atoms with van der Waals surface area (Å²) in [7, 11) is 1.59. The first-order valence-electron chi connectivity index (χ1n) is 7.38. The summed E-state index contributed by atoms with van der Waals surface area (Å²) < 4.78 is 5.18. The molecular weight excluding hydrogens is 252 g/mol. The van der Waals surface area contributed by atoms with Crippen molar-refractivity contribution in [3.63, 3.8) is 0 Å². The molecule has 0 aromatic heterocycles. The van der Waals surface area contributed by atoms with Crippen LogP contribution in [0.3, 0.4) is 0 Å². The minimum absolute atomic E-state index is 0.0261. The molecule has 1 saturated heterocycles. The number of rotatable bonds is 3. The second kappa shape index (κ2) is 6.64. The van der Waals surface area contributed by atoms with Gasteiger partial charge in [-0.05, 0) is 43.4 Å². The average Bonchev–Trinajstić information content (AvgIpc) is 2.72. The van der Waals surface area contributed by atoms with Crippen LogP contribution in [0.4, 0.5) is 5.69 Å². The van der Waals surface area contributed by atoms with E-state index in [1.54, 1.807) is 25.3 Å². The van der Waals surface area contributed by atoms with E-state index >= 15 is 0 Å². The number of nitrogens with two attached hydrogens (primary N) is 1. The molecule has 1 aliphatic rings. The van der Waals surface area contributed by atoms with E-state index in [1.807, 2.05) is 4.90 Å². The Bertz CT molecular complexity index is 474. The van der Waals surface area contributed by atoms with E-state index in [0.717, 1.165) is 31.8 Å². The molecule has 1 atom stereocenters. The van der Waals surface area contributed by atoms with Crippen molar-refractivity contribution in [3.05, 3.63) is 23.8 Å². The lowest BCUT2D eigenvalue weighted by Crippen LogP contribution is -2.32. The van der Waals surface area contributed by atoms with Gasteiger partial charge in [0.1, 0.15) is 5.75 Å². The lowest BCUT2D eigenvalue weighted by Gasteiger charge is -2.21. The van der Waals surface area contributed by atoms with Crippen LogP contribution in [0.15, 0.2) is 18.2 Å². The van der Waals surface area contributed by atoms with Crippen molar-refractivity contribution >= 4 is 11.6 Å². The predicted molar refractivity (Wildman–Crippen MR) is 80.9 cm³/mol. The molecule has 1 aromatic carbocycles. The molecule has 1 heterocycles. The normalized spacial score (nSPS) is 19.5. The van der Waals surface area contributed by atoms with E-state index in [9.17, 15) is 4.79 Å². The van der Waals surface area contributed by atoms with Crippen LogP contribution in [-0.4, -0.2) is 31.0 Å². The summed E-state index contributed by atoms with van der Waals surface area (Å²) in [5.41, 5.74) is 7.02. The van der Waals surface area contributed by atoms with Crippen LogP contribution in [0.5, 0.6) is 5.75 Å². The molecule has 2 rings (SSSR count). The van der Waals surface area contributed by atoms with Gasteiger partial charge in [-0.15, -0.1) is 0 Å². The first-order valence-corrected chi connectivity index (χ1v) is 7.38. The molecule has 1 aromatic rings. The number of nitrogens with zero attached hydrogens (tertiary/aromatic N) is 1. The highest BCUT2D eigenvalue weighted by molar-refractivity contribution is 5.99. The molecule has 0 radical (unpaired) electrons. The van der Waals surface area contributed by atoms with Gasteiger partial charge >= 0.3 is 0 Å². The maximum Gasteiger partial charge on any atom is 0.256 e. The Morgan fingerprint density at radius 2 is 2.20 bits per heavy atom. The summed E-state index contributed by atoms with van der Waals surface area (Å²) in [5.74, 6) is 1.44. The number of hydrogen-bond acceptors (Lipinski definition) is 3. The largest absolute Gasteiger partial charge is 0.497 e. The topological polar surface area (TPSA) is 55.6 Å². The van der Waals surface area contributed by atoms with Crippen LogP contribution in [-0.2, 0) is 0 Å². The Kier molecular flexibility index (Phi) is 4.88.